The highest BCUT2D eigenvalue weighted by atomic mass is 32.1. The van der Waals surface area contributed by atoms with Crippen LogP contribution >= 0.6 is 11.5 Å². The van der Waals surface area contributed by atoms with Gasteiger partial charge in [-0.2, -0.15) is 0 Å². The Labute approximate surface area is 165 Å². The van der Waals surface area contributed by atoms with Gasteiger partial charge in [0.1, 0.15) is 0 Å². The van der Waals surface area contributed by atoms with Crippen molar-refractivity contribution in [3.05, 3.63) is 10.6 Å². The predicted molar refractivity (Wildman–Crippen MR) is 104 cm³/mol. The Morgan fingerprint density at radius 2 is 2.26 bits per heavy atom. The van der Waals surface area contributed by atoms with Crippen LogP contribution in [0.25, 0.3) is 0 Å². The maximum absolute atomic E-state index is 12.9. The minimum Gasteiger partial charge on any atom is -0.374 e. The van der Waals surface area contributed by atoms with E-state index in [1.807, 2.05) is 11.8 Å². The summed E-state index contributed by atoms with van der Waals surface area (Å²) >= 11 is 1.48. The van der Waals surface area contributed by atoms with Gasteiger partial charge in [0.2, 0.25) is 5.91 Å². The molecule has 2 aliphatic heterocycles. The minimum absolute atomic E-state index is 0.0464. The van der Waals surface area contributed by atoms with Gasteiger partial charge in [0.05, 0.1) is 35.7 Å². The molecular formula is C20H28N4O2S. The van der Waals surface area contributed by atoms with Gasteiger partial charge in [-0.05, 0) is 57.0 Å². The third kappa shape index (κ3) is 3.75. The fourth-order valence-electron chi connectivity index (χ4n) is 4.54. The molecule has 1 spiro atoms. The number of aromatic nitrogens is 2. The molecule has 27 heavy (non-hydrogen) atoms. The largest absolute Gasteiger partial charge is 0.374 e. The lowest BCUT2D eigenvalue weighted by Gasteiger charge is -2.54. The number of nitrogens with zero attached hydrogens (tertiary/aromatic N) is 4. The van der Waals surface area contributed by atoms with E-state index in [0.29, 0.717) is 6.42 Å². The molecular weight excluding hydrogens is 360 g/mol. The van der Waals surface area contributed by atoms with Crippen LogP contribution in [0.15, 0.2) is 0 Å². The monoisotopic (exact) mass is 388 g/mol. The first-order chi connectivity index (χ1) is 13.1. The van der Waals surface area contributed by atoms with Crippen LogP contribution in [-0.2, 0) is 16.1 Å². The fourth-order valence-corrected chi connectivity index (χ4v) is 5.19. The molecule has 0 aromatic carbocycles. The molecule has 146 valence electrons. The summed E-state index contributed by atoms with van der Waals surface area (Å²) in [5.41, 5.74) is 1.15. The van der Waals surface area contributed by atoms with Crippen molar-refractivity contribution in [2.75, 3.05) is 19.7 Å². The number of morpholine rings is 1. The number of rotatable bonds is 4. The molecule has 4 rings (SSSR count). The number of aryl methyl sites for hydroxylation is 1. The molecule has 1 aromatic rings. The molecule has 7 heteroatoms. The maximum atomic E-state index is 12.9. The van der Waals surface area contributed by atoms with Crippen LogP contribution in [0.5, 0.6) is 0 Å². The Bertz CT molecular complexity index is 724. The van der Waals surface area contributed by atoms with Crippen molar-refractivity contribution in [2.45, 2.75) is 76.1 Å². The lowest BCUT2D eigenvalue weighted by Crippen LogP contribution is -2.63. The molecule has 0 bridgehead atoms. The molecule has 3 aliphatic rings. The summed E-state index contributed by atoms with van der Waals surface area (Å²) in [6.07, 6.45) is 12.7. The van der Waals surface area contributed by atoms with E-state index in [-0.39, 0.29) is 23.6 Å². The third-order valence-corrected chi connectivity index (χ3v) is 7.27. The van der Waals surface area contributed by atoms with Crippen LogP contribution in [0.3, 0.4) is 0 Å². The zero-order valence-electron chi connectivity index (χ0n) is 16.0. The SMILES string of the molecule is C#CC1CCCCN1C(=O)CC1CN(Cc2snnc2C)C2(CCC2)CO1. The van der Waals surface area contributed by atoms with Crippen molar-refractivity contribution in [1.29, 1.82) is 0 Å². The quantitative estimate of drug-likeness (QED) is 0.741. The third-order valence-electron chi connectivity index (χ3n) is 6.46. The van der Waals surface area contributed by atoms with Gasteiger partial charge in [-0.15, -0.1) is 11.5 Å². The number of carbonyl (C=O) groups is 1. The Balaban J connectivity index is 1.41. The van der Waals surface area contributed by atoms with E-state index >= 15 is 0 Å². The average Bonchev–Trinajstić information content (AvgIpc) is 3.05. The van der Waals surface area contributed by atoms with Crippen molar-refractivity contribution < 1.29 is 9.53 Å². The highest BCUT2D eigenvalue weighted by molar-refractivity contribution is 7.05. The number of amides is 1. The second kappa shape index (κ2) is 7.86. The molecule has 3 fully saturated rings. The van der Waals surface area contributed by atoms with Crippen LogP contribution in [0, 0.1) is 19.3 Å². The number of piperidine rings is 1. The van der Waals surface area contributed by atoms with Crippen molar-refractivity contribution in [2.24, 2.45) is 0 Å². The molecule has 1 aromatic heterocycles. The van der Waals surface area contributed by atoms with Crippen molar-refractivity contribution >= 4 is 17.4 Å². The molecule has 6 nitrogen and oxygen atoms in total. The second-order valence-electron chi connectivity index (χ2n) is 8.14. The standard InChI is InChI=1S/C20H28N4O2S/c1-3-16-7-4-5-10-24(16)19(25)11-17-12-23(13-18-15(2)21-22-27-18)20(14-26-17)8-6-9-20/h1,16-17H,4-14H2,2H3. The van der Waals surface area contributed by atoms with Crippen LogP contribution in [0.1, 0.15) is 55.5 Å². The summed E-state index contributed by atoms with van der Waals surface area (Å²) in [6, 6.07) is -0.0464. The second-order valence-corrected chi connectivity index (χ2v) is 8.98. The number of hydrogen-bond acceptors (Lipinski definition) is 6. The average molecular weight is 389 g/mol. The fraction of sp³-hybridized carbons (Fsp3) is 0.750. The van der Waals surface area contributed by atoms with Gasteiger partial charge in [0.15, 0.2) is 0 Å². The van der Waals surface area contributed by atoms with Gasteiger partial charge in [0.25, 0.3) is 0 Å². The summed E-state index contributed by atoms with van der Waals surface area (Å²) in [5.74, 6) is 2.93. The van der Waals surface area contributed by atoms with E-state index in [1.165, 1.54) is 35.7 Å². The van der Waals surface area contributed by atoms with Gasteiger partial charge in [-0.1, -0.05) is 10.4 Å². The zero-order chi connectivity index (χ0) is 18.9. The summed E-state index contributed by atoms with van der Waals surface area (Å²) in [5, 5.41) is 4.15. The van der Waals surface area contributed by atoms with E-state index in [2.05, 4.69) is 20.4 Å². The topological polar surface area (TPSA) is 58.6 Å². The predicted octanol–water partition coefficient (Wildman–Crippen LogP) is 2.37. The van der Waals surface area contributed by atoms with Crippen molar-refractivity contribution in [3.8, 4) is 12.3 Å². The number of carbonyl (C=O) groups excluding carboxylic acids is 1. The first kappa shape index (κ1) is 18.9. The molecule has 2 saturated heterocycles. The summed E-state index contributed by atoms with van der Waals surface area (Å²) in [4.78, 5) is 18.5. The van der Waals surface area contributed by atoms with Crippen LogP contribution in [0.4, 0.5) is 0 Å². The molecule has 2 unspecified atom stereocenters. The van der Waals surface area contributed by atoms with Gasteiger partial charge in [0, 0.05) is 25.2 Å². The Hall–Kier alpha value is -1.49. The smallest absolute Gasteiger partial charge is 0.226 e. The molecule has 0 radical (unpaired) electrons. The molecule has 2 atom stereocenters. The molecule has 1 aliphatic carbocycles. The highest BCUT2D eigenvalue weighted by Gasteiger charge is 2.47. The number of ether oxygens (including phenoxy) is 1. The number of terminal acetylenes is 1. The first-order valence-corrected chi connectivity index (χ1v) is 10.8. The zero-order valence-corrected chi connectivity index (χ0v) is 16.8. The minimum atomic E-state index is -0.0646. The van der Waals surface area contributed by atoms with Crippen LogP contribution < -0.4 is 0 Å². The Morgan fingerprint density at radius 1 is 1.41 bits per heavy atom. The molecule has 1 saturated carbocycles. The van der Waals surface area contributed by atoms with E-state index < -0.39 is 0 Å². The first-order valence-electron chi connectivity index (χ1n) is 10.0. The van der Waals surface area contributed by atoms with E-state index in [0.717, 1.165) is 51.2 Å². The highest BCUT2D eigenvalue weighted by Crippen LogP contribution is 2.42. The van der Waals surface area contributed by atoms with Gasteiger partial charge >= 0.3 is 0 Å². The molecule has 1 amide bonds. The van der Waals surface area contributed by atoms with Gasteiger partial charge in [-0.25, -0.2) is 0 Å². The van der Waals surface area contributed by atoms with Gasteiger partial charge in [-0.3, -0.25) is 9.69 Å². The van der Waals surface area contributed by atoms with Crippen molar-refractivity contribution in [1.82, 2.24) is 19.4 Å². The summed E-state index contributed by atoms with van der Waals surface area (Å²) in [6.45, 7) is 5.16. The van der Waals surface area contributed by atoms with E-state index in [1.54, 1.807) is 0 Å². The molecule has 0 N–H and O–H groups in total. The summed E-state index contributed by atoms with van der Waals surface area (Å²) < 4.78 is 10.3. The number of hydrogen-bond donors (Lipinski definition) is 0. The molecule has 3 heterocycles. The number of likely N-dealkylation sites (tertiary alicyclic amines) is 1. The van der Waals surface area contributed by atoms with Crippen LogP contribution in [-0.4, -0.2) is 62.7 Å². The lowest BCUT2D eigenvalue weighted by atomic mass is 9.74. The normalized spacial score (nSPS) is 27.9. The van der Waals surface area contributed by atoms with E-state index in [4.69, 9.17) is 11.2 Å². The van der Waals surface area contributed by atoms with Gasteiger partial charge < -0.3 is 9.64 Å². The Kier molecular flexibility index (Phi) is 5.49. The van der Waals surface area contributed by atoms with E-state index in [9.17, 15) is 4.79 Å². The van der Waals surface area contributed by atoms with Crippen LogP contribution in [0.2, 0.25) is 0 Å². The lowest BCUT2D eigenvalue weighted by molar-refractivity contribution is -0.159. The Morgan fingerprint density at radius 3 is 2.93 bits per heavy atom. The van der Waals surface area contributed by atoms with Crippen molar-refractivity contribution in [3.63, 3.8) is 0 Å². The summed E-state index contributed by atoms with van der Waals surface area (Å²) in [7, 11) is 0. The maximum Gasteiger partial charge on any atom is 0.226 e.